The first-order valence-corrected chi connectivity index (χ1v) is 9.57. The molecule has 2 aromatic rings. The number of rotatable bonds is 7. The number of amides is 2. The molecule has 0 heterocycles. The number of methoxy groups -OCH3 is 1. The van der Waals surface area contributed by atoms with Gasteiger partial charge in [-0.3, -0.25) is 14.9 Å². The van der Waals surface area contributed by atoms with Crippen LogP contribution in [-0.4, -0.2) is 24.0 Å². The first-order chi connectivity index (χ1) is 13.4. The van der Waals surface area contributed by atoms with E-state index in [0.29, 0.717) is 28.6 Å². The molecule has 28 heavy (non-hydrogen) atoms. The zero-order chi connectivity index (χ0) is 20.5. The highest BCUT2D eigenvalue weighted by atomic mass is 35.5. The molecule has 2 amide bonds. The van der Waals surface area contributed by atoms with E-state index in [2.05, 4.69) is 16.0 Å². The average molecular weight is 420 g/mol. The molecule has 0 aliphatic carbocycles. The minimum Gasteiger partial charge on any atom is -0.496 e. The molecule has 148 valence electrons. The van der Waals surface area contributed by atoms with E-state index in [9.17, 15) is 9.59 Å². The fourth-order valence-corrected chi connectivity index (χ4v) is 2.81. The molecule has 0 saturated heterocycles. The number of thiocarbonyl (C=S) groups is 1. The van der Waals surface area contributed by atoms with Gasteiger partial charge in [0.2, 0.25) is 5.91 Å². The number of hydrogen-bond donors (Lipinski definition) is 3. The molecule has 0 fully saturated rings. The van der Waals surface area contributed by atoms with Crippen molar-refractivity contribution in [2.75, 3.05) is 17.7 Å². The Hall–Kier alpha value is -2.64. The Labute approximate surface area is 174 Å². The van der Waals surface area contributed by atoms with Gasteiger partial charge in [-0.25, -0.2) is 0 Å². The first kappa shape index (κ1) is 21.7. The summed E-state index contributed by atoms with van der Waals surface area (Å²) in [6.45, 7) is 2.03. The highest BCUT2D eigenvalue weighted by molar-refractivity contribution is 7.80. The fraction of sp³-hybridized carbons (Fsp3) is 0.250. The third kappa shape index (κ3) is 6.51. The smallest absolute Gasteiger partial charge is 0.261 e. The standard InChI is InChI=1S/C20H22ClN3O3S/c1-3-4-8-18(25)22-14-6-5-7-15(12-14)23-20(28)24-19(26)16-11-13(21)9-10-17(16)27-2/h5-7,9-12H,3-4,8H2,1-2H3,(H,22,25)(H2,23,24,26,28). The van der Waals surface area contributed by atoms with Crippen molar-refractivity contribution in [1.29, 1.82) is 0 Å². The fourth-order valence-electron chi connectivity index (χ4n) is 2.43. The average Bonchev–Trinajstić information content (AvgIpc) is 2.66. The second kappa shape index (κ2) is 10.6. The summed E-state index contributed by atoms with van der Waals surface area (Å²) in [6.07, 6.45) is 2.28. The highest BCUT2D eigenvalue weighted by Gasteiger charge is 2.14. The van der Waals surface area contributed by atoms with Gasteiger partial charge in [-0.05, 0) is 55.0 Å². The van der Waals surface area contributed by atoms with Gasteiger partial charge in [0, 0.05) is 22.8 Å². The molecule has 0 aliphatic heterocycles. The van der Waals surface area contributed by atoms with Gasteiger partial charge in [0.15, 0.2) is 5.11 Å². The van der Waals surface area contributed by atoms with E-state index in [0.717, 1.165) is 12.8 Å². The van der Waals surface area contributed by atoms with E-state index in [1.807, 2.05) is 6.92 Å². The van der Waals surface area contributed by atoms with Gasteiger partial charge in [0.25, 0.3) is 5.91 Å². The number of carbonyl (C=O) groups excluding carboxylic acids is 2. The highest BCUT2D eigenvalue weighted by Crippen LogP contribution is 2.22. The van der Waals surface area contributed by atoms with Gasteiger partial charge < -0.3 is 15.4 Å². The monoisotopic (exact) mass is 419 g/mol. The molecule has 8 heteroatoms. The van der Waals surface area contributed by atoms with Crippen LogP contribution in [0.1, 0.15) is 36.5 Å². The van der Waals surface area contributed by atoms with Gasteiger partial charge in [-0.1, -0.05) is 31.0 Å². The Morgan fingerprint density at radius 2 is 1.82 bits per heavy atom. The summed E-state index contributed by atoms with van der Waals surface area (Å²) < 4.78 is 5.18. The second-order valence-corrected chi connectivity index (χ2v) is 6.83. The van der Waals surface area contributed by atoms with Crippen LogP contribution < -0.4 is 20.7 Å². The van der Waals surface area contributed by atoms with Crippen molar-refractivity contribution in [2.45, 2.75) is 26.2 Å². The maximum Gasteiger partial charge on any atom is 0.261 e. The van der Waals surface area contributed by atoms with Gasteiger partial charge in [0.1, 0.15) is 5.75 Å². The molecule has 3 N–H and O–H groups in total. The van der Waals surface area contributed by atoms with Crippen molar-refractivity contribution in [3.8, 4) is 5.75 Å². The number of anilines is 2. The van der Waals surface area contributed by atoms with Crippen LogP contribution in [0, 0.1) is 0 Å². The maximum atomic E-state index is 12.5. The van der Waals surface area contributed by atoms with E-state index in [1.54, 1.807) is 36.4 Å². The summed E-state index contributed by atoms with van der Waals surface area (Å²) in [7, 11) is 1.47. The normalized spacial score (nSPS) is 10.1. The molecule has 2 aromatic carbocycles. The Kier molecular flexibility index (Phi) is 8.22. The molecule has 6 nitrogen and oxygen atoms in total. The summed E-state index contributed by atoms with van der Waals surface area (Å²) in [4.78, 5) is 24.3. The number of hydrogen-bond acceptors (Lipinski definition) is 4. The molecule has 0 radical (unpaired) electrons. The van der Waals surface area contributed by atoms with Crippen LogP contribution in [0.5, 0.6) is 5.75 Å². The lowest BCUT2D eigenvalue weighted by Gasteiger charge is -2.13. The molecule has 2 rings (SSSR count). The van der Waals surface area contributed by atoms with Crippen molar-refractivity contribution >= 4 is 52.1 Å². The third-order valence-electron chi connectivity index (χ3n) is 3.79. The van der Waals surface area contributed by atoms with Crippen LogP contribution in [0.3, 0.4) is 0 Å². The van der Waals surface area contributed by atoms with Crippen LogP contribution in [-0.2, 0) is 4.79 Å². The molecule has 0 unspecified atom stereocenters. The van der Waals surface area contributed by atoms with Crippen LogP contribution in [0.4, 0.5) is 11.4 Å². The lowest BCUT2D eigenvalue weighted by Crippen LogP contribution is -2.34. The third-order valence-corrected chi connectivity index (χ3v) is 4.23. The number of benzene rings is 2. The summed E-state index contributed by atoms with van der Waals surface area (Å²) >= 11 is 11.2. The Bertz CT molecular complexity index is 874. The lowest BCUT2D eigenvalue weighted by atomic mass is 10.2. The van der Waals surface area contributed by atoms with Gasteiger partial charge in [0.05, 0.1) is 12.7 Å². The predicted octanol–water partition coefficient (Wildman–Crippen LogP) is 4.60. The molecule has 0 aromatic heterocycles. The van der Waals surface area contributed by atoms with Crippen LogP contribution in [0.25, 0.3) is 0 Å². The van der Waals surface area contributed by atoms with E-state index in [1.165, 1.54) is 13.2 Å². The Balaban J connectivity index is 1.99. The molecule has 0 saturated carbocycles. The van der Waals surface area contributed by atoms with Crippen LogP contribution >= 0.6 is 23.8 Å². The van der Waals surface area contributed by atoms with Crippen molar-refractivity contribution in [1.82, 2.24) is 5.32 Å². The summed E-state index contributed by atoms with van der Waals surface area (Å²) in [5, 5.41) is 8.88. The van der Waals surface area contributed by atoms with Gasteiger partial charge >= 0.3 is 0 Å². The molecule has 0 aliphatic rings. The lowest BCUT2D eigenvalue weighted by molar-refractivity contribution is -0.116. The molecule has 0 bridgehead atoms. The van der Waals surface area contributed by atoms with Crippen molar-refractivity contribution in [3.05, 3.63) is 53.1 Å². The Morgan fingerprint density at radius 1 is 1.11 bits per heavy atom. The van der Waals surface area contributed by atoms with Crippen LogP contribution in [0.2, 0.25) is 5.02 Å². The maximum absolute atomic E-state index is 12.5. The summed E-state index contributed by atoms with van der Waals surface area (Å²) in [6, 6.07) is 11.8. The van der Waals surface area contributed by atoms with Crippen LogP contribution in [0.15, 0.2) is 42.5 Å². The minimum absolute atomic E-state index is 0.0390. The van der Waals surface area contributed by atoms with Gasteiger partial charge in [-0.2, -0.15) is 0 Å². The van der Waals surface area contributed by atoms with Gasteiger partial charge in [-0.15, -0.1) is 0 Å². The zero-order valence-electron chi connectivity index (χ0n) is 15.7. The number of ether oxygens (including phenoxy) is 1. The quantitative estimate of drug-likeness (QED) is 0.571. The molecular weight excluding hydrogens is 398 g/mol. The number of halogens is 1. The first-order valence-electron chi connectivity index (χ1n) is 8.78. The van der Waals surface area contributed by atoms with E-state index >= 15 is 0 Å². The SMILES string of the molecule is CCCCC(=O)Nc1cccc(NC(=S)NC(=O)c2cc(Cl)ccc2OC)c1. The zero-order valence-corrected chi connectivity index (χ0v) is 17.2. The molecule has 0 atom stereocenters. The molecular formula is C20H22ClN3O3S. The summed E-state index contributed by atoms with van der Waals surface area (Å²) in [5.41, 5.74) is 1.56. The predicted molar refractivity (Wildman–Crippen MR) is 116 cm³/mol. The van der Waals surface area contributed by atoms with E-state index in [4.69, 9.17) is 28.6 Å². The topological polar surface area (TPSA) is 79.5 Å². The van der Waals surface area contributed by atoms with Crippen molar-refractivity contribution in [2.24, 2.45) is 0 Å². The number of carbonyl (C=O) groups is 2. The number of unbranched alkanes of at least 4 members (excludes halogenated alkanes) is 1. The largest absolute Gasteiger partial charge is 0.496 e. The summed E-state index contributed by atoms with van der Waals surface area (Å²) in [5.74, 6) is -0.0923. The van der Waals surface area contributed by atoms with Crippen molar-refractivity contribution in [3.63, 3.8) is 0 Å². The minimum atomic E-state index is -0.444. The van der Waals surface area contributed by atoms with E-state index < -0.39 is 5.91 Å². The second-order valence-electron chi connectivity index (χ2n) is 5.99. The Morgan fingerprint density at radius 3 is 2.50 bits per heavy atom. The van der Waals surface area contributed by atoms with Crippen molar-refractivity contribution < 1.29 is 14.3 Å². The van der Waals surface area contributed by atoms with E-state index in [-0.39, 0.29) is 16.6 Å². The number of nitrogens with one attached hydrogen (secondary N) is 3. The molecule has 0 spiro atoms.